The molecule has 0 aromatic carbocycles. The lowest BCUT2D eigenvalue weighted by atomic mass is 9.94. The second-order valence-electron chi connectivity index (χ2n) is 4.62. The lowest BCUT2D eigenvalue weighted by Gasteiger charge is -2.30. The Labute approximate surface area is 115 Å². The van der Waals surface area contributed by atoms with Gasteiger partial charge in [-0.25, -0.2) is 0 Å². The molecule has 18 heavy (non-hydrogen) atoms. The number of nitrogens with zero attached hydrogens (tertiary/aromatic N) is 1. The molecule has 0 spiro atoms. The van der Waals surface area contributed by atoms with Crippen molar-refractivity contribution < 1.29 is 4.79 Å². The van der Waals surface area contributed by atoms with Gasteiger partial charge >= 0.3 is 0 Å². The number of carbonyl (C=O) groups is 1. The lowest BCUT2D eigenvalue weighted by Crippen LogP contribution is -2.37. The highest BCUT2D eigenvalue weighted by Crippen LogP contribution is 2.24. The number of rotatable bonds is 2. The van der Waals surface area contributed by atoms with Crippen LogP contribution < -0.4 is 0 Å². The van der Waals surface area contributed by atoms with Crippen LogP contribution >= 0.6 is 11.3 Å². The highest BCUT2D eigenvalue weighted by molar-refractivity contribution is 7.13. The maximum Gasteiger partial charge on any atom is 0.263 e. The molecule has 1 amide bonds. The molecule has 3 heteroatoms. The molecular weight excluding hydrogens is 242 g/mol. The van der Waals surface area contributed by atoms with Crippen LogP contribution in [-0.2, 0) is 0 Å². The van der Waals surface area contributed by atoms with Crippen molar-refractivity contribution in [1.82, 2.24) is 4.90 Å². The van der Waals surface area contributed by atoms with E-state index in [2.05, 4.69) is 0 Å². The summed E-state index contributed by atoms with van der Waals surface area (Å²) in [6.45, 7) is 6.04. The fourth-order valence-corrected chi connectivity index (χ4v) is 3.21. The number of hydrogen-bond donors (Lipinski definition) is 0. The Morgan fingerprint density at radius 3 is 2.33 bits per heavy atom. The summed E-state index contributed by atoms with van der Waals surface area (Å²) >= 11 is 1.60. The predicted molar refractivity (Wildman–Crippen MR) is 79.4 cm³/mol. The average molecular weight is 267 g/mol. The van der Waals surface area contributed by atoms with Crippen molar-refractivity contribution in [3.63, 3.8) is 0 Å². The van der Waals surface area contributed by atoms with Gasteiger partial charge in [0.15, 0.2) is 0 Å². The second kappa shape index (κ2) is 7.57. The number of hydrogen-bond acceptors (Lipinski definition) is 2. The van der Waals surface area contributed by atoms with Gasteiger partial charge in [0, 0.05) is 18.0 Å². The molecule has 1 aromatic rings. The molecule has 2 rings (SSSR count). The van der Waals surface area contributed by atoms with E-state index >= 15 is 0 Å². The molecule has 0 N–H and O–H groups in total. The van der Waals surface area contributed by atoms with Gasteiger partial charge in [0.25, 0.3) is 5.91 Å². The number of thiophene rings is 1. The molecule has 1 saturated carbocycles. The molecule has 1 aliphatic rings. The van der Waals surface area contributed by atoms with Gasteiger partial charge in [-0.05, 0) is 31.9 Å². The quantitative estimate of drug-likeness (QED) is 0.773. The molecule has 1 heterocycles. The van der Waals surface area contributed by atoms with Crippen LogP contribution in [0, 0.1) is 6.92 Å². The molecule has 0 bridgehead atoms. The largest absolute Gasteiger partial charge is 0.338 e. The van der Waals surface area contributed by atoms with Crippen molar-refractivity contribution in [3.8, 4) is 0 Å². The fourth-order valence-electron chi connectivity index (χ4n) is 2.36. The van der Waals surface area contributed by atoms with Crippen LogP contribution in [0.1, 0.15) is 60.5 Å². The molecule has 1 aromatic heterocycles. The molecule has 1 aliphatic carbocycles. The minimum atomic E-state index is 0.199. The van der Waals surface area contributed by atoms with Crippen molar-refractivity contribution >= 4 is 17.2 Å². The molecule has 0 radical (unpaired) electrons. The van der Waals surface area contributed by atoms with Crippen LogP contribution in [0.4, 0.5) is 0 Å². The summed E-state index contributed by atoms with van der Waals surface area (Å²) in [7, 11) is 1.95. The van der Waals surface area contributed by atoms with Gasteiger partial charge in [0.1, 0.15) is 0 Å². The molecule has 0 unspecified atom stereocenters. The minimum absolute atomic E-state index is 0.199. The van der Waals surface area contributed by atoms with Gasteiger partial charge in [0.2, 0.25) is 0 Å². The zero-order valence-electron chi connectivity index (χ0n) is 12.0. The van der Waals surface area contributed by atoms with E-state index in [-0.39, 0.29) is 5.91 Å². The zero-order chi connectivity index (χ0) is 13.5. The van der Waals surface area contributed by atoms with Crippen molar-refractivity contribution in [2.75, 3.05) is 7.05 Å². The summed E-state index contributed by atoms with van der Waals surface area (Å²) in [6.07, 6.45) is 6.22. The third kappa shape index (κ3) is 3.84. The summed E-state index contributed by atoms with van der Waals surface area (Å²) in [4.78, 5) is 16.2. The third-order valence-corrected chi connectivity index (χ3v) is 4.38. The standard InChI is InChI=1S/C13H19NOS.C2H6/c1-10-8-9-12(16-10)13(15)14(2)11-6-4-3-5-7-11;1-2/h8-9,11H,3-7H2,1-2H3;1-2H3. The van der Waals surface area contributed by atoms with Crippen LogP contribution in [0.5, 0.6) is 0 Å². The molecule has 0 atom stereocenters. The molecule has 102 valence electrons. The number of aryl methyl sites for hydroxylation is 1. The predicted octanol–water partition coefficient (Wildman–Crippen LogP) is 4.49. The summed E-state index contributed by atoms with van der Waals surface area (Å²) < 4.78 is 0. The highest BCUT2D eigenvalue weighted by Gasteiger charge is 2.23. The Morgan fingerprint density at radius 2 is 1.83 bits per heavy atom. The van der Waals surface area contributed by atoms with Crippen LogP contribution in [0.15, 0.2) is 12.1 Å². The molecule has 0 saturated heterocycles. The molecule has 1 fully saturated rings. The Bertz CT molecular complexity index is 366. The van der Waals surface area contributed by atoms with Gasteiger partial charge in [-0.3, -0.25) is 4.79 Å². The molecular formula is C15H25NOS. The first-order chi connectivity index (χ1) is 8.68. The van der Waals surface area contributed by atoms with E-state index in [1.165, 1.54) is 37.0 Å². The Kier molecular flexibility index (Phi) is 6.41. The van der Waals surface area contributed by atoms with Crippen molar-refractivity contribution in [1.29, 1.82) is 0 Å². The SMILES string of the molecule is CC.Cc1ccc(C(=O)N(C)C2CCCCC2)s1. The van der Waals surface area contributed by atoms with Gasteiger partial charge in [-0.1, -0.05) is 33.1 Å². The normalized spacial score (nSPS) is 15.8. The van der Waals surface area contributed by atoms with Gasteiger partial charge in [0.05, 0.1) is 4.88 Å². The van der Waals surface area contributed by atoms with Crippen LogP contribution in [0.3, 0.4) is 0 Å². The van der Waals surface area contributed by atoms with E-state index in [0.717, 1.165) is 4.88 Å². The number of carbonyl (C=O) groups excluding carboxylic acids is 1. The second-order valence-corrected chi connectivity index (χ2v) is 5.91. The van der Waals surface area contributed by atoms with E-state index in [9.17, 15) is 4.79 Å². The van der Waals surface area contributed by atoms with E-state index in [4.69, 9.17) is 0 Å². The van der Waals surface area contributed by atoms with Crippen LogP contribution in [0.2, 0.25) is 0 Å². The van der Waals surface area contributed by atoms with Crippen molar-refractivity contribution in [2.24, 2.45) is 0 Å². The van der Waals surface area contributed by atoms with Crippen LogP contribution in [0.25, 0.3) is 0 Å². The lowest BCUT2D eigenvalue weighted by molar-refractivity contribution is 0.0701. The maximum absolute atomic E-state index is 12.2. The van der Waals surface area contributed by atoms with Gasteiger partial charge in [-0.2, -0.15) is 0 Å². The third-order valence-electron chi connectivity index (χ3n) is 3.39. The van der Waals surface area contributed by atoms with E-state index in [1.807, 2.05) is 44.9 Å². The maximum atomic E-state index is 12.2. The monoisotopic (exact) mass is 267 g/mol. The minimum Gasteiger partial charge on any atom is -0.338 e. The van der Waals surface area contributed by atoms with Crippen LogP contribution in [-0.4, -0.2) is 23.9 Å². The Balaban J connectivity index is 0.000000771. The van der Waals surface area contributed by atoms with E-state index in [0.29, 0.717) is 6.04 Å². The average Bonchev–Trinajstić information content (AvgIpc) is 2.87. The van der Waals surface area contributed by atoms with Gasteiger partial charge < -0.3 is 4.90 Å². The highest BCUT2D eigenvalue weighted by atomic mass is 32.1. The van der Waals surface area contributed by atoms with E-state index < -0.39 is 0 Å². The topological polar surface area (TPSA) is 20.3 Å². The first-order valence-corrected chi connectivity index (χ1v) is 7.84. The van der Waals surface area contributed by atoms with Gasteiger partial charge in [-0.15, -0.1) is 11.3 Å². The summed E-state index contributed by atoms with van der Waals surface area (Å²) in [6, 6.07) is 4.43. The Morgan fingerprint density at radius 1 is 1.22 bits per heavy atom. The van der Waals surface area contributed by atoms with Crippen molar-refractivity contribution in [2.45, 2.75) is 58.9 Å². The Hall–Kier alpha value is -0.830. The summed E-state index contributed by atoms with van der Waals surface area (Å²) in [5.41, 5.74) is 0. The summed E-state index contributed by atoms with van der Waals surface area (Å²) in [5, 5.41) is 0. The number of amides is 1. The summed E-state index contributed by atoms with van der Waals surface area (Å²) in [5.74, 6) is 0.199. The smallest absolute Gasteiger partial charge is 0.263 e. The first-order valence-electron chi connectivity index (χ1n) is 7.02. The fraction of sp³-hybridized carbons (Fsp3) is 0.667. The zero-order valence-corrected chi connectivity index (χ0v) is 12.8. The van der Waals surface area contributed by atoms with E-state index in [1.54, 1.807) is 11.3 Å². The van der Waals surface area contributed by atoms with Crippen molar-refractivity contribution in [3.05, 3.63) is 21.9 Å². The molecule has 2 nitrogen and oxygen atoms in total. The first kappa shape index (κ1) is 15.2. The molecule has 0 aliphatic heterocycles.